The molecule has 1 aromatic rings. The highest BCUT2D eigenvalue weighted by Gasteiger charge is 2.24. The van der Waals surface area contributed by atoms with Crippen LogP contribution in [0.15, 0.2) is 22.7 Å². The SMILES string of the molecule is COc1cc(Br)cc(NC(=O)NCC(C)(O)CC(=O)O)c1. The number of urea groups is 1. The van der Waals surface area contributed by atoms with Gasteiger partial charge in [-0.2, -0.15) is 0 Å². The van der Waals surface area contributed by atoms with E-state index in [0.29, 0.717) is 11.4 Å². The van der Waals surface area contributed by atoms with Crippen molar-refractivity contribution in [3.63, 3.8) is 0 Å². The molecule has 8 heteroatoms. The Balaban J connectivity index is 2.58. The summed E-state index contributed by atoms with van der Waals surface area (Å²) in [7, 11) is 1.51. The number of amides is 2. The van der Waals surface area contributed by atoms with Gasteiger partial charge in [-0.1, -0.05) is 15.9 Å². The van der Waals surface area contributed by atoms with E-state index < -0.39 is 24.0 Å². The average molecular weight is 361 g/mol. The van der Waals surface area contributed by atoms with E-state index in [1.165, 1.54) is 14.0 Å². The summed E-state index contributed by atoms with van der Waals surface area (Å²) in [5.74, 6) is -0.573. The van der Waals surface area contributed by atoms with Crippen LogP contribution < -0.4 is 15.4 Å². The third-order valence-electron chi connectivity index (χ3n) is 2.53. The fraction of sp³-hybridized carbons (Fsp3) is 0.385. The van der Waals surface area contributed by atoms with Gasteiger partial charge in [0.05, 0.1) is 19.1 Å². The number of hydrogen-bond acceptors (Lipinski definition) is 4. The maximum Gasteiger partial charge on any atom is 0.319 e. The number of carboxylic acids is 1. The summed E-state index contributed by atoms with van der Waals surface area (Å²) < 4.78 is 5.80. The van der Waals surface area contributed by atoms with Crippen molar-refractivity contribution in [3.05, 3.63) is 22.7 Å². The van der Waals surface area contributed by atoms with E-state index in [1.54, 1.807) is 18.2 Å². The third kappa shape index (κ3) is 6.46. The molecule has 0 aromatic heterocycles. The highest BCUT2D eigenvalue weighted by atomic mass is 79.9. The number of carbonyl (C=O) groups excluding carboxylic acids is 1. The number of hydrogen-bond donors (Lipinski definition) is 4. The zero-order valence-corrected chi connectivity index (χ0v) is 13.2. The van der Waals surface area contributed by atoms with E-state index in [0.717, 1.165) is 4.47 Å². The summed E-state index contributed by atoms with van der Waals surface area (Å²) in [4.78, 5) is 22.3. The summed E-state index contributed by atoms with van der Waals surface area (Å²) >= 11 is 3.28. The molecule has 7 nitrogen and oxygen atoms in total. The number of benzene rings is 1. The molecule has 0 heterocycles. The lowest BCUT2D eigenvalue weighted by Gasteiger charge is -2.21. The molecule has 21 heavy (non-hydrogen) atoms. The van der Waals surface area contributed by atoms with Gasteiger partial charge in [-0.15, -0.1) is 0 Å². The van der Waals surface area contributed by atoms with Gasteiger partial charge < -0.3 is 25.6 Å². The molecule has 1 atom stereocenters. The number of ether oxygens (including phenoxy) is 1. The average Bonchev–Trinajstić information content (AvgIpc) is 2.34. The van der Waals surface area contributed by atoms with Crippen molar-refractivity contribution in [2.24, 2.45) is 0 Å². The molecule has 0 fully saturated rings. The Morgan fingerprint density at radius 3 is 2.62 bits per heavy atom. The van der Waals surface area contributed by atoms with Crippen molar-refractivity contribution < 1.29 is 24.5 Å². The second-order valence-corrected chi connectivity index (χ2v) is 5.67. The first-order valence-corrected chi connectivity index (χ1v) is 6.85. The Hall–Kier alpha value is -1.80. The molecule has 0 saturated carbocycles. The van der Waals surface area contributed by atoms with Gasteiger partial charge in [-0.3, -0.25) is 4.79 Å². The van der Waals surface area contributed by atoms with Gasteiger partial charge in [-0.05, 0) is 19.1 Å². The number of rotatable bonds is 6. The van der Waals surface area contributed by atoms with Crippen molar-refractivity contribution >= 4 is 33.6 Å². The van der Waals surface area contributed by atoms with Crippen molar-refractivity contribution in [2.75, 3.05) is 19.0 Å². The minimum absolute atomic E-state index is 0.184. The highest BCUT2D eigenvalue weighted by molar-refractivity contribution is 9.10. The lowest BCUT2D eigenvalue weighted by molar-refractivity contribution is -0.141. The topological polar surface area (TPSA) is 108 Å². The molecule has 1 unspecified atom stereocenters. The van der Waals surface area contributed by atoms with Crippen LogP contribution in [-0.2, 0) is 4.79 Å². The first kappa shape index (κ1) is 17.3. The zero-order valence-electron chi connectivity index (χ0n) is 11.6. The van der Waals surface area contributed by atoms with E-state index in [-0.39, 0.29) is 6.54 Å². The van der Waals surface area contributed by atoms with E-state index in [1.807, 2.05) is 0 Å². The highest BCUT2D eigenvalue weighted by Crippen LogP contribution is 2.24. The summed E-state index contributed by atoms with van der Waals surface area (Å²) in [6.45, 7) is 1.15. The minimum Gasteiger partial charge on any atom is -0.497 e. The largest absolute Gasteiger partial charge is 0.497 e. The number of aliphatic hydroxyl groups is 1. The Bertz CT molecular complexity index is 533. The van der Waals surface area contributed by atoms with Crippen LogP contribution in [0.3, 0.4) is 0 Å². The number of aliphatic carboxylic acids is 1. The fourth-order valence-corrected chi connectivity index (χ4v) is 2.06. The molecule has 0 bridgehead atoms. The van der Waals surface area contributed by atoms with Gasteiger partial charge in [0, 0.05) is 22.8 Å². The van der Waals surface area contributed by atoms with Crippen molar-refractivity contribution in [2.45, 2.75) is 18.9 Å². The minimum atomic E-state index is -1.52. The summed E-state index contributed by atoms with van der Waals surface area (Å²) in [6.07, 6.45) is -0.460. The Morgan fingerprint density at radius 2 is 2.05 bits per heavy atom. The van der Waals surface area contributed by atoms with Gasteiger partial charge in [0.15, 0.2) is 0 Å². The molecule has 0 radical (unpaired) electrons. The van der Waals surface area contributed by atoms with Crippen molar-refractivity contribution in [3.8, 4) is 5.75 Å². The number of halogens is 1. The van der Waals surface area contributed by atoms with Crippen LogP contribution in [0.25, 0.3) is 0 Å². The molecule has 0 aliphatic heterocycles. The lowest BCUT2D eigenvalue weighted by Crippen LogP contribution is -2.43. The van der Waals surface area contributed by atoms with Crippen LogP contribution in [-0.4, -0.2) is 41.5 Å². The second-order valence-electron chi connectivity index (χ2n) is 4.75. The molecule has 116 valence electrons. The summed E-state index contributed by atoms with van der Waals surface area (Å²) in [5.41, 5.74) is -1.02. The first-order valence-electron chi connectivity index (χ1n) is 6.05. The van der Waals surface area contributed by atoms with Gasteiger partial charge >= 0.3 is 12.0 Å². The fourth-order valence-electron chi connectivity index (χ4n) is 1.59. The molecule has 0 aliphatic rings. The zero-order chi connectivity index (χ0) is 16.0. The number of carboxylic acid groups (broad SMARTS) is 1. The first-order chi connectivity index (χ1) is 9.71. The van der Waals surface area contributed by atoms with Crippen LogP contribution in [0.1, 0.15) is 13.3 Å². The predicted octanol–water partition coefficient (Wildman–Crippen LogP) is 1.80. The van der Waals surface area contributed by atoms with E-state index in [2.05, 4.69) is 26.6 Å². The summed E-state index contributed by atoms with van der Waals surface area (Å²) in [6, 6.07) is 4.48. The quantitative estimate of drug-likeness (QED) is 0.618. The number of nitrogens with one attached hydrogen (secondary N) is 2. The maximum absolute atomic E-state index is 11.7. The second kappa shape index (κ2) is 7.28. The molecule has 0 saturated heterocycles. The smallest absolute Gasteiger partial charge is 0.319 e. The van der Waals surface area contributed by atoms with E-state index in [9.17, 15) is 14.7 Å². The van der Waals surface area contributed by atoms with Crippen molar-refractivity contribution in [1.82, 2.24) is 5.32 Å². The molecule has 0 spiro atoms. The Morgan fingerprint density at radius 1 is 1.38 bits per heavy atom. The number of anilines is 1. The molecule has 0 aliphatic carbocycles. The van der Waals surface area contributed by atoms with Crippen LogP contribution in [0.5, 0.6) is 5.75 Å². The number of methoxy groups -OCH3 is 1. The molecule has 1 aromatic carbocycles. The van der Waals surface area contributed by atoms with E-state index in [4.69, 9.17) is 9.84 Å². The normalized spacial score (nSPS) is 13.1. The van der Waals surface area contributed by atoms with Crippen LogP contribution in [0.2, 0.25) is 0 Å². The molecular weight excluding hydrogens is 344 g/mol. The molecular formula is C13H17BrN2O5. The third-order valence-corrected chi connectivity index (χ3v) is 2.98. The van der Waals surface area contributed by atoms with Gasteiger partial charge in [0.25, 0.3) is 0 Å². The van der Waals surface area contributed by atoms with Gasteiger partial charge in [0.2, 0.25) is 0 Å². The Labute approximate surface area is 130 Å². The predicted molar refractivity (Wildman–Crippen MR) is 80.6 cm³/mol. The van der Waals surface area contributed by atoms with Crippen molar-refractivity contribution in [1.29, 1.82) is 0 Å². The molecule has 4 N–H and O–H groups in total. The maximum atomic E-state index is 11.7. The van der Waals surface area contributed by atoms with Crippen LogP contribution in [0.4, 0.5) is 10.5 Å². The summed E-state index contributed by atoms with van der Waals surface area (Å²) in [5, 5.41) is 23.4. The molecule has 1 rings (SSSR count). The number of carbonyl (C=O) groups is 2. The molecule has 2 amide bonds. The van der Waals surface area contributed by atoms with Gasteiger partial charge in [-0.25, -0.2) is 4.79 Å². The van der Waals surface area contributed by atoms with Crippen LogP contribution >= 0.6 is 15.9 Å². The monoisotopic (exact) mass is 360 g/mol. The van der Waals surface area contributed by atoms with Crippen LogP contribution in [0, 0.1) is 0 Å². The lowest BCUT2D eigenvalue weighted by atomic mass is 10.0. The standard InChI is InChI=1S/C13H17BrN2O5/c1-13(20,6-11(17)18)7-15-12(19)16-9-3-8(14)4-10(5-9)21-2/h3-5,20H,6-7H2,1-2H3,(H,17,18)(H2,15,16,19). The Kier molecular flexibility index (Phi) is 5.98. The van der Waals surface area contributed by atoms with Gasteiger partial charge in [0.1, 0.15) is 5.75 Å². The van der Waals surface area contributed by atoms with E-state index >= 15 is 0 Å².